The Bertz CT molecular complexity index is 966. The summed E-state index contributed by atoms with van der Waals surface area (Å²) in [6, 6.07) is 0.767. The number of nitrogens with zero attached hydrogens (tertiary/aromatic N) is 3. The number of carbonyl (C=O) groups excluding carboxylic acids is 2. The lowest BCUT2D eigenvalue weighted by Gasteiger charge is -2.38. The molecule has 0 saturated carbocycles. The van der Waals surface area contributed by atoms with Crippen molar-refractivity contribution in [2.24, 2.45) is 0 Å². The number of hydrogen-bond acceptors (Lipinski definition) is 4. The van der Waals surface area contributed by atoms with E-state index in [9.17, 15) is 22.8 Å². The predicted molar refractivity (Wildman–Crippen MR) is 94.7 cm³/mol. The lowest BCUT2D eigenvalue weighted by Crippen LogP contribution is -2.60. The summed E-state index contributed by atoms with van der Waals surface area (Å²) in [7, 11) is 0. The van der Waals surface area contributed by atoms with Crippen molar-refractivity contribution in [3.63, 3.8) is 0 Å². The first-order valence-electron chi connectivity index (χ1n) is 8.91. The first kappa shape index (κ1) is 19.2. The normalized spacial score (nSPS) is 17.3. The van der Waals surface area contributed by atoms with Gasteiger partial charge in [-0.3, -0.25) is 9.48 Å². The first-order chi connectivity index (χ1) is 13.8. The second-order valence-corrected chi connectivity index (χ2v) is 7.34. The summed E-state index contributed by atoms with van der Waals surface area (Å²) in [6.45, 7) is 3.41. The molecule has 3 heterocycles. The van der Waals surface area contributed by atoms with Gasteiger partial charge in [-0.1, -0.05) is 0 Å². The van der Waals surface area contributed by atoms with Gasteiger partial charge in [0.1, 0.15) is 0 Å². The molecule has 1 aromatic carbocycles. The zero-order valence-corrected chi connectivity index (χ0v) is 15.5. The van der Waals surface area contributed by atoms with Crippen molar-refractivity contribution in [1.82, 2.24) is 20.0 Å². The molecule has 4 rings (SSSR count). The minimum atomic E-state index is -1.61. The van der Waals surface area contributed by atoms with Crippen LogP contribution in [0.25, 0.3) is 0 Å². The van der Waals surface area contributed by atoms with Crippen molar-refractivity contribution in [3.8, 4) is 0 Å². The molecule has 0 bridgehead atoms. The highest BCUT2D eigenvalue weighted by molar-refractivity contribution is 5.96. The van der Waals surface area contributed by atoms with Crippen molar-refractivity contribution in [2.75, 3.05) is 25.1 Å². The van der Waals surface area contributed by atoms with Gasteiger partial charge < -0.3 is 20.3 Å². The van der Waals surface area contributed by atoms with E-state index in [0.717, 1.165) is 0 Å². The largest absolute Gasteiger partial charge is 0.376 e. The average molecular weight is 409 g/mol. The van der Waals surface area contributed by atoms with Gasteiger partial charge in [-0.25, -0.2) is 18.0 Å². The molecular weight excluding hydrogens is 391 g/mol. The molecule has 29 heavy (non-hydrogen) atoms. The number of carbonyl (C=O) groups is 2. The minimum absolute atomic E-state index is 0.0773. The fourth-order valence-electron chi connectivity index (χ4n) is 3.26. The number of ether oxygens (including phenoxy) is 1. The van der Waals surface area contributed by atoms with Crippen LogP contribution >= 0.6 is 0 Å². The van der Waals surface area contributed by atoms with Gasteiger partial charge in [0, 0.05) is 24.4 Å². The summed E-state index contributed by atoms with van der Waals surface area (Å²) in [5.74, 6) is -4.72. The Morgan fingerprint density at radius 2 is 1.86 bits per heavy atom. The third-order valence-electron chi connectivity index (χ3n) is 4.89. The Balaban J connectivity index is 1.47. The van der Waals surface area contributed by atoms with Gasteiger partial charge in [-0.15, -0.1) is 0 Å². The standard InChI is InChI=1S/C18H18F3N5O3/c1-18(8-29-9-18)24-16(27)11-6-22-26-3-2-25(7-14(11)26)17(28)23-10-4-12(19)15(21)13(20)5-10/h4-6H,2-3,7-9H2,1H3,(H,23,28)(H,24,27). The smallest absolute Gasteiger partial charge is 0.322 e. The van der Waals surface area contributed by atoms with Gasteiger partial charge >= 0.3 is 6.03 Å². The van der Waals surface area contributed by atoms with Crippen molar-refractivity contribution in [2.45, 2.75) is 25.6 Å². The van der Waals surface area contributed by atoms with Crippen LogP contribution in [0, 0.1) is 17.5 Å². The molecule has 0 unspecified atom stereocenters. The second-order valence-electron chi connectivity index (χ2n) is 7.34. The number of halogens is 3. The van der Waals surface area contributed by atoms with Crippen molar-refractivity contribution in [3.05, 3.63) is 47.0 Å². The SMILES string of the molecule is CC1(NC(=O)c2cnn3c2CN(C(=O)Nc2cc(F)c(F)c(F)c2)CC3)COC1. The van der Waals surface area contributed by atoms with Crippen LogP contribution in [0.5, 0.6) is 0 Å². The van der Waals surface area contributed by atoms with Crippen molar-refractivity contribution in [1.29, 1.82) is 0 Å². The number of nitrogens with one attached hydrogen (secondary N) is 2. The summed E-state index contributed by atoms with van der Waals surface area (Å²) in [5, 5.41) is 9.42. The molecule has 2 aliphatic rings. The van der Waals surface area contributed by atoms with Gasteiger partial charge in [0.25, 0.3) is 5.91 Å². The number of fused-ring (bicyclic) bond motifs is 1. The molecule has 0 aliphatic carbocycles. The highest BCUT2D eigenvalue weighted by Crippen LogP contribution is 2.22. The maximum absolute atomic E-state index is 13.4. The van der Waals surface area contributed by atoms with Gasteiger partial charge in [0.05, 0.1) is 49.3 Å². The van der Waals surface area contributed by atoms with Gasteiger partial charge in [-0.05, 0) is 6.92 Å². The molecule has 1 aromatic heterocycles. The molecule has 0 spiro atoms. The van der Waals surface area contributed by atoms with Crippen LogP contribution in [0.15, 0.2) is 18.3 Å². The van der Waals surface area contributed by atoms with Gasteiger partial charge in [-0.2, -0.15) is 5.10 Å². The monoisotopic (exact) mass is 409 g/mol. The van der Waals surface area contributed by atoms with Crippen LogP contribution < -0.4 is 10.6 Å². The zero-order valence-electron chi connectivity index (χ0n) is 15.5. The molecule has 8 nitrogen and oxygen atoms in total. The fourth-order valence-corrected chi connectivity index (χ4v) is 3.26. The van der Waals surface area contributed by atoms with Crippen LogP contribution in [-0.4, -0.2) is 51.9 Å². The summed E-state index contributed by atoms with van der Waals surface area (Å²) in [5.41, 5.74) is 0.244. The van der Waals surface area contributed by atoms with Gasteiger partial charge in [0.15, 0.2) is 17.5 Å². The van der Waals surface area contributed by atoms with E-state index in [4.69, 9.17) is 4.74 Å². The van der Waals surface area contributed by atoms with Crippen LogP contribution in [-0.2, 0) is 17.8 Å². The molecule has 2 N–H and O–H groups in total. The number of rotatable bonds is 3. The van der Waals surface area contributed by atoms with Crippen molar-refractivity contribution < 1.29 is 27.5 Å². The molecule has 0 radical (unpaired) electrons. The third-order valence-corrected chi connectivity index (χ3v) is 4.89. The number of hydrogen-bond donors (Lipinski definition) is 2. The van der Waals surface area contributed by atoms with E-state index < -0.39 is 29.0 Å². The molecular formula is C18H18F3N5O3. The summed E-state index contributed by atoms with van der Waals surface area (Å²) in [4.78, 5) is 26.5. The number of amides is 3. The van der Waals surface area contributed by atoms with Crippen LogP contribution in [0.3, 0.4) is 0 Å². The zero-order chi connectivity index (χ0) is 20.8. The molecule has 3 amide bonds. The number of urea groups is 1. The van der Waals surface area contributed by atoms with E-state index in [1.54, 1.807) is 4.68 Å². The summed E-state index contributed by atoms with van der Waals surface area (Å²) < 4.78 is 46.5. The quantitative estimate of drug-likeness (QED) is 0.758. The number of anilines is 1. The van der Waals surface area contributed by atoms with E-state index in [2.05, 4.69) is 15.7 Å². The van der Waals surface area contributed by atoms with Crippen LogP contribution in [0.4, 0.5) is 23.7 Å². The molecule has 11 heteroatoms. The Kier molecular flexibility index (Phi) is 4.69. The topological polar surface area (TPSA) is 88.5 Å². The molecule has 2 aromatic rings. The Hall–Kier alpha value is -3.08. The Morgan fingerprint density at radius 3 is 2.48 bits per heavy atom. The first-order valence-corrected chi connectivity index (χ1v) is 8.91. The maximum atomic E-state index is 13.4. The lowest BCUT2D eigenvalue weighted by atomic mass is 10.00. The fraction of sp³-hybridized carbons (Fsp3) is 0.389. The van der Waals surface area contributed by atoms with E-state index in [1.165, 1.54) is 11.1 Å². The molecule has 2 aliphatic heterocycles. The Labute approximate surface area is 163 Å². The highest BCUT2D eigenvalue weighted by atomic mass is 19.2. The van der Waals surface area contributed by atoms with E-state index >= 15 is 0 Å². The molecule has 154 valence electrons. The third kappa shape index (κ3) is 3.65. The Morgan fingerprint density at radius 1 is 1.17 bits per heavy atom. The minimum Gasteiger partial charge on any atom is -0.376 e. The molecule has 0 atom stereocenters. The number of aromatic nitrogens is 2. The van der Waals surface area contributed by atoms with Crippen LogP contribution in [0.2, 0.25) is 0 Å². The van der Waals surface area contributed by atoms with E-state index in [1.807, 2.05) is 6.92 Å². The summed E-state index contributed by atoms with van der Waals surface area (Å²) in [6.07, 6.45) is 1.44. The predicted octanol–water partition coefficient (Wildman–Crippen LogP) is 1.87. The van der Waals surface area contributed by atoms with Crippen LogP contribution in [0.1, 0.15) is 23.0 Å². The summed E-state index contributed by atoms with van der Waals surface area (Å²) >= 11 is 0. The average Bonchev–Trinajstić information content (AvgIpc) is 3.08. The van der Waals surface area contributed by atoms with Crippen molar-refractivity contribution >= 4 is 17.6 Å². The number of benzene rings is 1. The second kappa shape index (κ2) is 7.07. The van der Waals surface area contributed by atoms with E-state index in [0.29, 0.717) is 43.1 Å². The lowest BCUT2D eigenvalue weighted by molar-refractivity contribution is -0.0593. The van der Waals surface area contributed by atoms with Gasteiger partial charge in [0.2, 0.25) is 0 Å². The highest BCUT2D eigenvalue weighted by Gasteiger charge is 2.36. The molecule has 1 saturated heterocycles. The van der Waals surface area contributed by atoms with E-state index in [-0.39, 0.29) is 24.7 Å². The molecule has 1 fully saturated rings. The maximum Gasteiger partial charge on any atom is 0.322 e.